The van der Waals surface area contributed by atoms with Crippen molar-refractivity contribution in [2.24, 2.45) is 5.84 Å². The van der Waals surface area contributed by atoms with Crippen LogP contribution in [0.15, 0.2) is 18.2 Å². The highest BCUT2D eigenvalue weighted by Gasteiger charge is 2.24. The third kappa shape index (κ3) is 4.80. The molecule has 0 saturated heterocycles. The summed E-state index contributed by atoms with van der Waals surface area (Å²) in [5.74, 6) is 5.11. The van der Waals surface area contributed by atoms with E-state index in [9.17, 15) is 19.1 Å². The van der Waals surface area contributed by atoms with Crippen molar-refractivity contribution in [1.82, 2.24) is 5.32 Å². The van der Waals surface area contributed by atoms with Gasteiger partial charge in [0.05, 0.1) is 4.92 Å². The first-order valence-corrected chi connectivity index (χ1v) is 7.94. The van der Waals surface area contributed by atoms with Crippen LogP contribution >= 0.6 is 0 Å². The lowest BCUT2D eigenvalue weighted by molar-refractivity contribution is -0.384. The number of hydrazine groups is 1. The van der Waals surface area contributed by atoms with Crippen molar-refractivity contribution >= 4 is 28.1 Å². The van der Waals surface area contributed by atoms with Gasteiger partial charge in [-0.05, 0) is 25.5 Å². The summed E-state index contributed by atoms with van der Waals surface area (Å²) in [6, 6.07) is 4.04. The van der Waals surface area contributed by atoms with E-state index in [4.69, 9.17) is 5.84 Å². The molecule has 1 amide bonds. The first-order valence-electron chi connectivity index (χ1n) is 6.21. The van der Waals surface area contributed by atoms with Crippen LogP contribution < -0.4 is 16.6 Å². The number of nitro groups is 1. The quantitative estimate of drug-likeness (QED) is 0.387. The summed E-state index contributed by atoms with van der Waals surface area (Å²) < 4.78 is 11.0. The van der Waals surface area contributed by atoms with Gasteiger partial charge in [-0.3, -0.25) is 25.0 Å². The molecule has 0 saturated carbocycles. The van der Waals surface area contributed by atoms with E-state index in [0.717, 1.165) is 0 Å². The van der Waals surface area contributed by atoms with Crippen LogP contribution in [0, 0.1) is 10.1 Å². The molecule has 21 heavy (non-hydrogen) atoms. The molecule has 9 heteroatoms. The molecule has 4 N–H and O–H groups in total. The van der Waals surface area contributed by atoms with E-state index in [2.05, 4.69) is 10.7 Å². The third-order valence-corrected chi connectivity index (χ3v) is 3.65. The molecule has 0 bridgehead atoms. The fraction of sp³-hybridized carbons (Fsp3) is 0.417. The van der Waals surface area contributed by atoms with Gasteiger partial charge in [-0.15, -0.1) is 0 Å². The van der Waals surface area contributed by atoms with Crippen LogP contribution in [0.1, 0.15) is 23.7 Å². The van der Waals surface area contributed by atoms with Gasteiger partial charge in [-0.25, -0.2) is 0 Å². The summed E-state index contributed by atoms with van der Waals surface area (Å²) in [5, 5.41) is 13.7. The molecular formula is C12H18N4O4S. The fourth-order valence-electron chi connectivity index (χ4n) is 1.76. The topological polar surface area (TPSA) is 127 Å². The lowest BCUT2D eigenvalue weighted by Crippen LogP contribution is -2.34. The maximum Gasteiger partial charge on any atom is 0.306 e. The van der Waals surface area contributed by atoms with Crippen molar-refractivity contribution in [2.45, 2.75) is 19.4 Å². The third-order valence-electron chi connectivity index (χ3n) is 2.83. The van der Waals surface area contributed by atoms with Crippen molar-refractivity contribution in [2.75, 3.05) is 17.4 Å². The Morgan fingerprint density at radius 2 is 2.19 bits per heavy atom. The largest absolute Gasteiger partial charge is 0.349 e. The summed E-state index contributed by atoms with van der Waals surface area (Å²) in [5.41, 5.74) is 1.83. The molecule has 1 aromatic carbocycles. The van der Waals surface area contributed by atoms with Crippen molar-refractivity contribution in [3.63, 3.8) is 0 Å². The number of nitrogens with zero attached hydrogens (tertiary/aromatic N) is 1. The van der Waals surface area contributed by atoms with E-state index in [1.54, 1.807) is 13.2 Å². The zero-order valence-corrected chi connectivity index (χ0v) is 12.6. The number of anilines is 1. The number of carbonyl (C=O) groups is 1. The highest BCUT2D eigenvalue weighted by atomic mass is 32.2. The summed E-state index contributed by atoms with van der Waals surface area (Å²) in [6.07, 6.45) is 2.10. The minimum Gasteiger partial charge on any atom is -0.349 e. The highest BCUT2D eigenvalue weighted by Crippen LogP contribution is 2.27. The Morgan fingerprint density at radius 3 is 2.71 bits per heavy atom. The second kappa shape index (κ2) is 7.70. The van der Waals surface area contributed by atoms with Gasteiger partial charge in [0.15, 0.2) is 0 Å². The number of rotatable bonds is 7. The Bertz CT molecular complexity index is 564. The molecule has 0 heterocycles. The Balaban J connectivity index is 2.92. The minimum absolute atomic E-state index is 0.0648. The van der Waals surface area contributed by atoms with Gasteiger partial charge in [-0.2, -0.15) is 0 Å². The molecule has 1 aromatic rings. The van der Waals surface area contributed by atoms with Crippen molar-refractivity contribution in [3.8, 4) is 0 Å². The van der Waals surface area contributed by atoms with Crippen LogP contribution in [0.2, 0.25) is 0 Å². The average molecular weight is 314 g/mol. The molecule has 0 fully saturated rings. The van der Waals surface area contributed by atoms with Crippen molar-refractivity contribution in [1.29, 1.82) is 0 Å². The van der Waals surface area contributed by atoms with Crippen LogP contribution in [0.25, 0.3) is 0 Å². The molecule has 0 aliphatic carbocycles. The Labute approximate surface area is 124 Å². The SMILES string of the molecule is CC(CCS(C)=O)NC(=O)c1cccc(NN)c1[N+](=O)[O-]. The molecule has 0 aliphatic heterocycles. The van der Waals surface area contributed by atoms with E-state index in [0.29, 0.717) is 12.2 Å². The van der Waals surface area contributed by atoms with Gasteiger partial charge >= 0.3 is 5.69 Å². The second-order valence-electron chi connectivity index (χ2n) is 4.54. The van der Waals surface area contributed by atoms with E-state index >= 15 is 0 Å². The number of nitrogens with one attached hydrogen (secondary N) is 2. The van der Waals surface area contributed by atoms with Gasteiger partial charge in [0.1, 0.15) is 11.3 Å². The molecule has 116 valence electrons. The van der Waals surface area contributed by atoms with E-state index in [1.165, 1.54) is 18.2 Å². The number of amides is 1. The fourth-order valence-corrected chi connectivity index (χ4v) is 2.44. The van der Waals surface area contributed by atoms with E-state index < -0.39 is 21.6 Å². The zero-order valence-electron chi connectivity index (χ0n) is 11.8. The first-order chi connectivity index (χ1) is 9.86. The monoisotopic (exact) mass is 314 g/mol. The maximum atomic E-state index is 12.1. The number of para-hydroxylation sites is 1. The molecule has 0 spiro atoms. The normalized spacial score (nSPS) is 13.3. The predicted octanol–water partition coefficient (Wildman–Crippen LogP) is 0.767. The zero-order chi connectivity index (χ0) is 16.0. The number of nitro benzene ring substituents is 1. The van der Waals surface area contributed by atoms with E-state index in [1.807, 2.05) is 0 Å². The number of carbonyl (C=O) groups excluding carboxylic acids is 1. The average Bonchev–Trinajstić information content (AvgIpc) is 2.43. The summed E-state index contributed by atoms with van der Waals surface area (Å²) >= 11 is 0. The van der Waals surface area contributed by atoms with Crippen LogP contribution in [-0.2, 0) is 10.8 Å². The molecule has 2 unspecified atom stereocenters. The van der Waals surface area contributed by atoms with Crippen molar-refractivity contribution < 1.29 is 13.9 Å². The van der Waals surface area contributed by atoms with Gasteiger partial charge in [-0.1, -0.05) is 6.07 Å². The summed E-state index contributed by atoms with van der Waals surface area (Å²) in [4.78, 5) is 22.6. The Hall–Kier alpha value is -2.00. The standard InChI is InChI=1S/C12H18N4O4S/c1-8(6-7-21(2)20)14-12(17)9-4-3-5-10(15-13)11(9)16(18)19/h3-5,8,15H,6-7,13H2,1-2H3,(H,14,17). The number of nitrogen functional groups attached to an aromatic ring is 1. The van der Waals surface area contributed by atoms with Crippen molar-refractivity contribution in [3.05, 3.63) is 33.9 Å². The van der Waals surface area contributed by atoms with Crippen LogP contribution in [-0.4, -0.2) is 33.1 Å². The van der Waals surface area contributed by atoms with Crippen LogP contribution in [0.3, 0.4) is 0 Å². The number of benzene rings is 1. The van der Waals surface area contributed by atoms with Crippen LogP contribution in [0.4, 0.5) is 11.4 Å². The molecule has 2 atom stereocenters. The number of nitrogens with two attached hydrogens (primary N) is 1. The molecule has 0 aromatic heterocycles. The van der Waals surface area contributed by atoms with Gasteiger partial charge < -0.3 is 10.7 Å². The lowest BCUT2D eigenvalue weighted by atomic mass is 10.1. The lowest BCUT2D eigenvalue weighted by Gasteiger charge is -2.14. The number of hydrogen-bond donors (Lipinski definition) is 3. The molecular weight excluding hydrogens is 296 g/mol. The molecule has 1 rings (SSSR count). The minimum atomic E-state index is -0.948. The second-order valence-corrected chi connectivity index (χ2v) is 6.10. The molecule has 0 radical (unpaired) electrons. The highest BCUT2D eigenvalue weighted by molar-refractivity contribution is 7.84. The molecule has 0 aliphatic rings. The van der Waals surface area contributed by atoms with Crippen LogP contribution in [0.5, 0.6) is 0 Å². The maximum absolute atomic E-state index is 12.1. The first kappa shape index (κ1) is 17.1. The van der Waals surface area contributed by atoms with E-state index in [-0.39, 0.29) is 23.0 Å². The Morgan fingerprint density at radius 1 is 1.52 bits per heavy atom. The van der Waals surface area contributed by atoms with Gasteiger partial charge in [0, 0.05) is 28.9 Å². The summed E-state index contributed by atoms with van der Waals surface area (Å²) in [7, 11) is -0.948. The van der Waals surface area contributed by atoms with Gasteiger partial charge in [0.25, 0.3) is 5.91 Å². The van der Waals surface area contributed by atoms with Gasteiger partial charge in [0.2, 0.25) is 0 Å². The molecule has 8 nitrogen and oxygen atoms in total. The summed E-state index contributed by atoms with van der Waals surface area (Å²) in [6.45, 7) is 1.75. The number of hydrogen-bond acceptors (Lipinski definition) is 6. The predicted molar refractivity (Wildman–Crippen MR) is 81.4 cm³/mol. The smallest absolute Gasteiger partial charge is 0.306 e. The Kier molecular flexibility index (Phi) is 6.25.